The lowest BCUT2D eigenvalue weighted by Crippen LogP contribution is -2.46. The van der Waals surface area contributed by atoms with Crippen LogP contribution in [0.25, 0.3) is 0 Å². The topological polar surface area (TPSA) is 0 Å². The third-order valence-electron chi connectivity index (χ3n) is 4.76. The van der Waals surface area contributed by atoms with E-state index in [0.717, 1.165) is 40.1 Å². The predicted molar refractivity (Wildman–Crippen MR) is 54.3 cm³/mol. The van der Waals surface area contributed by atoms with Gasteiger partial charge in [0.15, 0.2) is 0 Å². The van der Waals surface area contributed by atoms with Crippen LogP contribution in [0.15, 0.2) is 0 Å². The Bertz CT molecular complexity index is 213. The molecular formula is C11H18S. The molecule has 12 heavy (non-hydrogen) atoms. The normalized spacial score (nSPS) is 66.8. The van der Waals surface area contributed by atoms with Crippen molar-refractivity contribution in [1.82, 2.24) is 0 Å². The van der Waals surface area contributed by atoms with Crippen molar-refractivity contribution in [3.63, 3.8) is 0 Å². The smallest absolute Gasteiger partial charge is 0.0206 e. The minimum absolute atomic E-state index is 1.05. The SMILES string of the molecule is CCC1C2C([C@H]1C)[C@H]1SC1[C@@H]2C. The quantitative estimate of drug-likeness (QED) is 0.562. The summed E-state index contributed by atoms with van der Waals surface area (Å²) in [6.45, 7) is 7.36. The maximum atomic E-state index is 2.50. The summed E-state index contributed by atoms with van der Waals surface area (Å²) in [6, 6.07) is 0. The van der Waals surface area contributed by atoms with Crippen LogP contribution in [0.4, 0.5) is 0 Å². The monoisotopic (exact) mass is 182 g/mol. The lowest BCUT2D eigenvalue weighted by Gasteiger charge is -2.50. The molecule has 0 amide bonds. The first-order valence-electron chi connectivity index (χ1n) is 5.41. The largest absolute Gasteiger partial charge is 0.152 e. The van der Waals surface area contributed by atoms with Gasteiger partial charge in [-0.15, -0.1) is 0 Å². The minimum Gasteiger partial charge on any atom is -0.152 e. The summed E-state index contributed by atoms with van der Waals surface area (Å²) >= 11 is 2.27. The van der Waals surface area contributed by atoms with Gasteiger partial charge < -0.3 is 0 Å². The maximum absolute atomic E-state index is 2.50. The molecule has 1 aliphatic heterocycles. The molecule has 0 radical (unpaired) electrons. The summed E-state index contributed by atoms with van der Waals surface area (Å²) in [5.74, 6) is 5.43. The molecule has 0 spiro atoms. The van der Waals surface area contributed by atoms with Gasteiger partial charge in [0, 0.05) is 10.5 Å². The standard InChI is InChI=1S/C11H18S/c1-4-7-5(2)9-8(7)6(3)10-11(9)12-10/h5-11H,4H2,1-3H3/t5-,6+,7?,8?,9?,10?,11+/m0/s1. The Morgan fingerprint density at radius 3 is 2.42 bits per heavy atom. The molecule has 0 aromatic heterocycles. The minimum atomic E-state index is 1.05. The van der Waals surface area contributed by atoms with Crippen molar-refractivity contribution in [3.8, 4) is 0 Å². The Kier molecular flexibility index (Phi) is 1.44. The van der Waals surface area contributed by atoms with Crippen molar-refractivity contribution in [2.45, 2.75) is 37.7 Å². The van der Waals surface area contributed by atoms with Gasteiger partial charge in [-0.2, -0.15) is 11.8 Å². The van der Waals surface area contributed by atoms with E-state index in [9.17, 15) is 0 Å². The third-order valence-corrected chi connectivity index (χ3v) is 6.40. The van der Waals surface area contributed by atoms with Crippen LogP contribution in [0.1, 0.15) is 27.2 Å². The average molecular weight is 182 g/mol. The average Bonchev–Trinajstić information content (AvgIpc) is 2.75. The van der Waals surface area contributed by atoms with Gasteiger partial charge in [0.25, 0.3) is 0 Å². The van der Waals surface area contributed by atoms with Gasteiger partial charge >= 0.3 is 0 Å². The molecule has 1 saturated heterocycles. The molecule has 3 aliphatic rings. The van der Waals surface area contributed by atoms with Gasteiger partial charge in [-0.05, 0) is 29.6 Å². The number of hydrogen-bond acceptors (Lipinski definition) is 1. The molecule has 68 valence electrons. The first kappa shape index (κ1) is 7.73. The molecule has 0 bridgehead atoms. The molecule has 0 nitrogen and oxygen atoms in total. The van der Waals surface area contributed by atoms with Crippen LogP contribution >= 0.6 is 11.8 Å². The summed E-state index contributed by atoms with van der Waals surface area (Å²) in [5, 5.41) is 2.18. The summed E-state index contributed by atoms with van der Waals surface area (Å²) < 4.78 is 0. The zero-order valence-electron chi connectivity index (χ0n) is 8.16. The first-order chi connectivity index (χ1) is 5.75. The number of hydrogen-bond donors (Lipinski definition) is 0. The molecule has 0 N–H and O–H groups in total. The lowest BCUT2D eigenvalue weighted by atomic mass is 9.56. The van der Waals surface area contributed by atoms with E-state index in [1.807, 2.05) is 0 Å². The van der Waals surface area contributed by atoms with E-state index >= 15 is 0 Å². The van der Waals surface area contributed by atoms with Gasteiger partial charge in [0.2, 0.25) is 0 Å². The van der Waals surface area contributed by atoms with E-state index in [1.165, 1.54) is 6.42 Å². The number of fused-ring (bicyclic) bond motifs is 3. The number of rotatable bonds is 1. The molecule has 4 unspecified atom stereocenters. The van der Waals surface area contributed by atoms with Gasteiger partial charge in [0.05, 0.1) is 0 Å². The molecule has 3 rings (SSSR count). The first-order valence-corrected chi connectivity index (χ1v) is 6.35. The van der Waals surface area contributed by atoms with Gasteiger partial charge in [-0.25, -0.2) is 0 Å². The summed E-state index contributed by atoms with van der Waals surface area (Å²) in [7, 11) is 0. The zero-order chi connectivity index (χ0) is 8.46. The Labute approximate surface area is 79.5 Å². The molecule has 7 atom stereocenters. The second-order valence-electron chi connectivity index (χ2n) is 5.01. The van der Waals surface area contributed by atoms with Crippen molar-refractivity contribution in [3.05, 3.63) is 0 Å². The summed E-state index contributed by atoms with van der Waals surface area (Å²) in [6.07, 6.45) is 1.43. The molecule has 3 fully saturated rings. The van der Waals surface area contributed by atoms with E-state index in [4.69, 9.17) is 0 Å². The summed E-state index contributed by atoms with van der Waals surface area (Å²) in [5.41, 5.74) is 0. The Morgan fingerprint density at radius 2 is 1.75 bits per heavy atom. The maximum Gasteiger partial charge on any atom is 0.0206 e. The van der Waals surface area contributed by atoms with Crippen LogP contribution in [0, 0.1) is 29.6 Å². The Balaban J connectivity index is 1.83. The van der Waals surface area contributed by atoms with Crippen molar-refractivity contribution in [1.29, 1.82) is 0 Å². The van der Waals surface area contributed by atoms with Crippen LogP contribution < -0.4 is 0 Å². The second-order valence-corrected chi connectivity index (χ2v) is 6.37. The van der Waals surface area contributed by atoms with Gasteiger partial charge in [-0.1, -0.05) is 27.2 Å². The van der Waals surface area contributed by atoms with Crippen molar-refractivity contribution in [2.75, 3.05) is 0 Å². The highest BCUT2D eigenvalue weighted by atomic mass is 32.2. The van der Waals surface area contributed by atoms with E-state index < -0.39 is 0 Å². The van der Waals surface area contributed by atoms with Gasteiger partial charge in [0.1, 0.15) is 0 Å². The molecule has 1 heteroatoms. The molecule has 0 aromatic carbocycles. The van der Waals surface area contributed by atoms with Crippen LogP contribution in [-0.2, 0) is 0 Å². The van der Waals surface area contributed by atoms with E-state index in [1.54, 1.807) is 0 Å². The fraction of sp³-hybridized carbons (Fsp3) is 1.00. The molecule has 0 aromatic rings. The molecule has 2 saturated carbocycles. The van der Waals surface area contributed by atoms with E-state index in [0.29, 0.717) is 0 Å². The van der Waals surface area contributed by atoms with E-state index in [2.05, 4.69) is 32.5 Å². The van der Waals surface area contributed by atoms with Crippen LogP contribution in [-0.4, -0.2) is 10.5 Å². The predicted octanol–water partition coefficient (Wildman–Crippen LogP) is 3.03. The van der Waals surface area contributed by atoms with Crippen LogP contribution in [0.2, 0.25) is 0 Å². The van der Waals surface area contributed by atoms with Crippen molar-refractivity contribution < 1.29 is 0 Å². The van der Waals surface area contributed by atoms with Crippen molar-refractivity contribution >= 4 is 11.8 Å². The second kappa shape index (κ2) is 2.23. The van der Waals surface area contributed by atoms with E-state index in [-0.39, 0.29) is 0 Å². The number of thioether (sulfide) groups is 1. The van der Waals surface area contributed by atoms with Crippen LogP contribution in [0.5, 0.6) is 0 Å². The van der Waals surface area contributed by atoms with Crippen molar-refractivity contribution in [2.24, 2.45) is 29.6 Å². The van der Waals surface area contributed by atoms with Gasteiger partial charge in [-0.3, -0.25) is 0 Å². The molecule has 2 aliphatic carbocycles. The lowest BCUT2D eigenvalue weighted by molar-refractivity contribution is -0.00718. The molecule has 1 heterocycles. The summed E-state index contributed by atoms with van der Waals surface area (Å²) in [4.78, 5) is 0. The Morgan fingerprint density at radius 1 is 1.00 bits per heavy atom. The van der Waals surface area contributed by atoms with Crippen LogP contribution in [0.3, 0.4) is 0 Å². The highest BCUT2D eigenvalue weighted by Crippen LogP contribution is 2.71. The molecular weight excluding hydrogens is 164 g/mol. The highest BCUT2D eigenvalue weighted by molar-refractivity contribution is 8.07. The zero-order valence-corrected chi connectivity index (χ0v) is 8.97. The fourth-order valence-corrected chi connectivity index (χ4v) is 5.86. The highest BCUT2D eigenvalue weighted by Gasteiger charge is 2.67. The third kappa shape index (κ3) is 0.685. The fourth-order valence-electron chi connectivity index (χ4n) is 4.12. The Hall–Kier alpha value is 0.350.